The number of imide groups is 1. The monoisotopic (exact) mass is 553 g/mol. The van der Waals surface area contributed by atoms with Gasteiger partial charge in [0, 0.05) is 36.3 Å². The molecule has 4 heterocycles. The van der Waals surface area contributed by atoms with Crippen molar-refractivity contribution in [1.29, 1.82) is 0 Å². The maximum absolute atomic E-state index is 13.4. The van der Waals surface area contributed by atoms with E-state index in [1.54, 1.807) is 31.7 Å². The first-order valence-electron chi connectivity index (χ1n) is 12.1. The van der Waals surface area contributed by atoms with Gasteiger partial charge in [0.25, 0.3) is 5.91 Å². The number of aromatic nitrogens is 2. The molecule has 2 unspecified atom stereocenters. The van der Waals surface area contributed by atoms with E-state index in [2.05, 4.69) is 10.4 Å². The third-order valence-electron chi connectivity index (χ3n) is 6.80. The van der Waals surface area contributed by atoms with Gasteiger partial charge < -0.3 is 24.8 Å². The van der Waals surface area contributed by atoms with Crippen molar-refractivity contribution in [3.8, 4) is 5.75 Å². The van der Waals surface area contributed by atoms with Crippen LogP contribution in [0.3, 0.4) is 0 Å². The molecule has 0 aromatic carbocycles. The lowest BCUT2D eigenvalue weighted by Crippen LogP contribution is -2.49. The maximum Gasteiger partial charge on any atom is 0.326 e. The Balaban J connectivity index is 1.69. The first-order valence-corrected chi connectivity index (χ1v) is 13.3. The van der Waals surface area contributed by atoms with Crippen LogP contribution >= 0.6 is 22.9 Å². The van der Waals surface area contributed by atoms with E-state index in [4.69, 9.17) is 21.1 Å². The van der Waals surface area contributed by atoms with Gasteiger partial charge in [-0.25, -0.2) is 4.79 Å². The number of likely N-dealkylation sites (tertiary alicyclic amines) is 1. The molecule has 2 aliphatic rings. The molecule has 2 aromatic rings. The lowest BCUT2D eigenvalue weighted by atomic mass is 9.94. The summed E-state index contributed by atoms with van der Waals surface area (Å²) in [6.45, 7) is 6.77. The second-order valence-electron chi connectivity index (χ2n) is 9.81. The number of morpholine rings is 1. The van der Waals surface area contributed by atoms with Gasteiger partial charge in [-0.05, 0) is 26.0 Å². The number of urea groups is 1. The average molecular weight is 554 g/mol. The second-order valence-corrected chi connectivity index (χ2v) is 11.6. The number of amides is 3. The molecular formula is C24H32ClN5O6S. The first-order chi connectivity index (χ1) is 17.6. The van der Waals surface area contributed by atoms with Crippen LogP contribution in [-0.4, -0.2) is 89.1 Å². The Morgan fingerprint density at radius 1 is 1.32 bits per heavy atom. The van der Waals surface area contributed by atoms with Crippen molar-refractivity contribution in [2.24, 2.45) is 11.3 Å². The van der Waals surface area contributed by atoms with Gasteiger partial charge in [-0.3, -0.25) is 14.5 Å². The Kier molecular flexibility index (Phi) is 8.12. The normalized spacial score (nSPS) is 20.4. The predicted octanol–water partition coefficient (Wildman–Crippen LogP) is 2.89. The lowest BCUT2D eigenvalue weighted by molar-refractivity contribution is -0.128. The minimum atomic E-state index is -1.12. The Morgan fingerprint density at radius 2 is 2.03 bits per heavy atom. The molecule has 0 bridgehead atoms. The molecule has 0 saturated carbocycles. The highest BCUT2D eigenvalue weighted by atomic mass is 35.5. The van der Waals surface area contributed by atoms with E-state index in [0.717, 1.165) is 4.88 Å². The van der Waals surface area contributed by atoms with Crippen molar-refractivity contribution in [3.05, 3.63) is 27.0 Å². The zero-order valence-electron chi connectivity index (χ0n) is 21.3. The van der Waals surface area contributed by atoms with Crippen LogP contribution < -0.4 is 10.1 Å². The SMILES string of the molecule is COc1c(C2CN(C(=O)N3CCOCC3)C(=O)C2C)nn(C(=O)C(C)(C)CO)c1NCc1ccc(Cl)s1. The molecule has 2 aliphatic heterocycles. The molecule has 2 saturated heterocycles. The topological polar surface area (TPSA) is 126 Å². The third-order valence-corrected chi connectivity index (χ3v) is 8.03. The van der Waals surface area contributed by atoms with Gasteiger partial charge in [-0.15, -0.1) is 11.3 Å². The lowest BCUT2D eigenvalue weighted by Gasteiger charge is -2.30. The fourth-order valence-electron chi connectivity index (χ4n) is 4.42. The van der Waals surface area contributed by atoms with Crippen LogP contribution in [-0.2, 0) is 16.1 Å². The van der Waals surface area contributed by atoms with Gasteiger partial charge in [0.15, 0.2) is 11.6 Å². The quantitative estimate of drug-likeness (QED) is 0.536. The Hall–Kier alpha value is -2.67. The van der Waals surface area contributed by atoms with Crippen molar-refractivity contribution in [3.63, 3.8) is 0 Å². The van der Waals surface area contributed by atoms with Crippen LogP contribution in [0.2, 0.25) is 4.34 Å². The summed E-state index contributed by atoms with van der Waals surface area (Å²) in [7, 11) is 1.47. The number of carbonyl (C=O) groups is 3. The number of anilines is 1. The molecule has 11 nitrogen and oxygen atoms in total. The summed E-state index contributed by atoms with van der Waals surface area (Å²) >= 11 is 7.47. The zero-order chi connectivity index (χ0) is 26.9. The van der Waals surface area contributed by atoms with Gasteiger partial charge in [-0.2, -0.15) is 9.78 Å². The summed E-state index contributed by atoms with van der Waals surface area (Å²) in [6, 6.07) is 3.31. The molecule has 202 valence electrons. The summed E-state index contributed by atoms with van der Waals surface area (Å²) in [5, 5.41) is 17.7. The van der Waals surface area contributed by atoms with Gasteiger partial charge in [-0.1, -0.05) is 18.5 Å². The molecule has 2 fully saturated rings. The van der Waals surface area contributed by atoms with Crippen molar-refractivity contribution in [2.45, 2.75) is 33.2 Å². The minimum absolute atomic E-state index is 0.112. The molecular weight excluding hydrogens is 522 g/mol. The number of nitrogens with zero attached hydrogens (tertiary/aromatic N) is 4. The van der Waals surface area contributed by atoms with Crippen LogP contribution in [0.1, 0.15) is 42.1 Å². The van der Waals surface area contributed by atoms with E-state index >= 15 is 0 Å². The zero-order valence-corrected chi connectivity index (χ0v) is 22.9. The van der Waals surface area contributed by atoms with Crippen LogP contribution in [0, 0.1) is 11.3 Å². The highest BCUT2D eigenvalue weighted by molar-refractivity contribution is 7.16. The van der Waals surface area contributed by atoms with E-state index < -0.39 is 23.2 Å². The van der Waals surface area contributed by atoms with E-state index in [0.29, 0.717) is 54.4 Å². The van der Waals surface area contributed by atoms with Crippen LogP contribution in [0.25, 0.3) is 0 Å². The Bertz CT molecular complexity index is 1170. The molecule has 37 heavy (non-hydrogen) atoms. The van der Waals surface area contributed by atoms with Crippen LogP contribution in [0.5, 0.6) is 5.75 Å². The number of thiophene rings is 1. The Labute approximate surface area is 224 Å². The Morgan fingerprint density at radius 3 is 2.62 bits per heavy atom. The highest BCUT2D eigenvalue weighted by Crippen LogP contribution is 2.42. The molecule has 3 amide bonds. The van der Waals surface area contributed by atoms with Crippen molar-refractivity contribution in [2.75, 3.05) is 51.9 Å². The number of hydrogen-bond acceptors (Lipinski definition) is 9. The largest absolute Gasteiger partial charge is 0.491 e. The van der Waals surface area contributed by atoms with E-state index in [1.165, 1.54) is 28.0 Å². The van der Waals surface area contributed by atoms with Gasteiger partial charge >= 0.3 is 6.03 Å². The fourth-order valence-corrected chi connectivity index (χ4v) is 5.45. The number of carbonyl (C=O) groups excluding carboxylic acids is 3. The van der Waals surface area contributed by atoms with Crippen LogP contribution in [0.15, 0.2) is 12.1 Å². The van der Waals surface area contributed by atoms with Crippen molar-refractivity contribution in [1.82, 2.24) is 19.6 Å². The molecule has 2 aromatic heterocycles. The van der Waals surface area contributed by atoms with Gasteiger partial charge in [0.2, 0.25) is 5.91 Å². The van der Waals surface area contributed by atoms with E-state index in [1.807, 2.05) is 6.07 Å². The van der Waals surface area contributed by atoms with Crippen molar-refractivity contribution < 1.29 is 29.0 Å². The summed E-state index contributed by atoms with van der Waals surface area (Å²) in [4.78, 5) is 43.5. The van der Waals surface area contributed by atoms with Gasteiger partial charge in [0.1, 0.15) is 5.69 Å². The number of rotatable bonds is 7. The summed E-state index contributed by atoms with van der Waals surface area (Å²) in [5.41, 5.74) is -0.721. The van der Waals surface area contributed by atoms with E-state index in [9.17, 15) is 19.5 Å². The predicted molar refractivity (Wildman–Crippen MR) is 138 cm³/mol. The first kappa shape index (κ1) is 27.4. The van der Waals surface area contributed by atoms with Crippen LogP contribution in [0.4, 0.5) is 10.6 Å². The number of aliphatic hydroxyl groups is 1. The number of halogens is 1. The fraction of sp³-hybridized carbons (Fsp3) is 0.583. The van der Waals surface area contributed by atoms with Gasteiger partial charge in [0.05, 0.1) is 43.2 Å². The summed E-state index contributed by atoms with van der Waals surface area (Å²) in [6.07, 6.45) is 0. The molecule has 13 heteroatoms. The highest BCUT2D eigenvalue weighted by Gasteiger charge is 2.46. The molecule has 4 rings (SSSR count). The number of nitrogens with one attached hydrogen (secondary N) is 1. The number of hydrogen-bond donors (Lipinski definition) is 2. The smallest absolute Gasteiger partial charge is 0.326 e. The molecule has 2 atom stereocenters. The minimum Gasteiger partial charge on any atom is -0.491 e. The number of methoxy groups -OCH3 is 1. The molecule has 0 aliphatic carbocycles. The number of ether oxygens (including phenoxy) is 2. The average Bonchev–Trinajstić information content (AvgIpc) is 3.57. The third kappa shape index (κ3) is 5.33. The molecule has 0 spiro atoms. The molecule has 2 N–H and O–H groups in total. The summed E-state index contributed by atoms with van der Waals surface area (Å²) in [5.74, 6) is -1.17. The number of aliphatic hydroxyl groups excluding tert-OH is 1. The van der Waals surface area contributed by atoms with E-state index in [-0.39, 0.29) is 25.1 Å². The summed E-state index contributed by atoms with van der Waals surface area (Å²) < 4.78 is 12.9. The standard InChI is InChI=1S/C24H32ClN5O6S/c1-14-16(12-29(21(14)32)23(34)28-7-9-36-10-8-28)18-19(35-4)20(26-11-15-5-6-17(25)37-15)30(27-18)22(33)24(2,3)13-31/h5-6,14,16,26,31H,7-13H2,1-4H3. The van der Waals surface area contributed by atoms with Crippen molar-refractivity contribution >= 4 is 46.6 Å². The maximum atomic E-state index is 13.4. The molecule has 0 radical (unpaired) electrons. The second kappa shape index (κ2) is 11.0.